The van der Waals surface area contributed by atoms with Crippen LogP contribution in [0.25, 0.3) is 11.2 Å². The van der Waals surface area contributed by atoms with E-state index in [1.165, 1.54) is 12.7 Å². The second-order valence-electron chi connectivity index (χ2n) is 8.72. The van der Waals surface area contributed by atoms with Crippen LogP contribution in [-0.4, -0.2) is 54.2 Å². The molecule has 0 bridgehead atoms. The van der Waals surface area contributed by atoms with Gasteiger partial charge in [-0.3, -0.25) is 4.79 Å². The molecule has 5 aromatic rings. The third-order valence-electron chi connectivity index (χ3n) is 6.15. The Morgan fingerprint density at radius 1 is 1.08 bits per heavy atom. The summed E-state index contributed by atoms with van der Waals surface area (Å²) in [6, 6.07) is 11.2. The molecule has 37 heavy (non-hydrogen) atoms. The summed E-state index contributed by atoms with van der Waals surface area (Å²) in [4.78, 5) is 22.3. The normalized spacial score (nSPS) is 13.5. The Labute approximate surface area is 210 Å². The lowest BCUT2D eigenvalue weighted by molar-refractivity contribution is -0.119. The monoisotopic (exact) mass is 499 g/mol. The predicted octanol–water partition coefficient (Wildman–Crippen LogP) is 3.40. The molecule has 0 unspecified atom stereocenters. The summed E-state index contributed by atoms with van der Waals surface area (Å²) in [5.41, 5.74) is 4.17. The number of aryl methyl sites for hydroxylation is 1. The third-order valence-corrected chi connectivity index (χ3v) is 6.15. The molecule has 1 fully saturated rings. The van der Waals surface area contributed by atoms with Gasteiger partial charge in [0, 0.05) is 37.2 Å². The van der Waals surface area contributed by atoms with E-state index >= 15 is 0 Å². The summed E-state index contributed by atoms with van der Waals surface area (Å²) in [5.74, 6) is 0.245. The molecule has 0 saturated carbocycles. The molecule has 2 N–H and O–H groups in total. The van der Waals surface area contributed by atoms with Gasteiger partial charge in [-0.1, -0.05) is 6.58 Å². The molecule has 4 aromatic heterocycles. The minimum absolute atomic E-state index is 0.156. The highest BCUT2D eigenvalue weighted by Crippen LogP contribution is 2.33. The first kappa shape index (κ1) is 22.5. The highest BCUT2D eigenvalue weighted by Gasteiger charge is 2.31. The Kier molecular flexibility index (Phi) is 5.40. The van der Waals surface area contributed by atoms with E-state index in [1.807, 2.05) is 49.5 Å². The van der Waals surface area contributed by atoms with Gasteiger partial charge in [-0.2, -0.15) is 10.2 Å². The maximum absolute atomic E-state index is 13.0. The van der Waals surface area contributed by atoms with Crippen molar-refractivity contribution in [2.75, 3.05) is 23.3 Å². The first-order valence-corrected chi connectivity index (χ1v) is 11.5. The zero-order valence-electron chi connectivity index (χ0n) is 19.8. The molecule has 1 amide bonds. The fourth-order valence-electron chi connectivity index (χ4n) is 4.28. The summed E-state index contributed by atoms with van der Waals surface area (Å²) in [5, 5.41) is 14.4. The van der Waals surface area contributed by atoms with Gasteiger partial charge in [0.2, 0.25) is 0 Å². The molecule has 0 radical (unpaired) electrons. The van der Waals surface area contributed by atoms with Crippen molar-refractivity contribution in [1.29, 1.82) is 0 Å². The van der Waals surface area contributed by atoms with E-state index in [2.05, 4.69) is 42.3 Å². The number of anilines is 3. The largest absolute Gasteiger partial charge is 0.457 e. The van der Waals surface area contributed by atoms with Crippen LogP contribution in [0.3, 0.4) is 0 Å². The standard InChI is InChI=1S/C25H22FN9O2/c1-15-9-17(3-4-21(15)37-19-5-7-34-22(10-19)27-13-29-34)31-24-23-20(6-8-35(23)30-14-28-24)33-11-18(12-33)32-25(36)16(2)26/h3-10,13-14,18H,2,11-12H2,1H3,(H,32,36)(H,28,30,31). The molecule has 1 aliphatic heterocycles. The Hall–Kier alpha value is -5.00. The smallest absolute Gasteiger partial charge is 0.279 e. The molecule has 1 saturated heterocycles. The Balaban J connectivity index is 1.20. The SMILES string of the molecule is C=C(F)C(=O)NC1CN(c2ccn3ncnc(Nc4ccc(Oc5ccn6ncnc6c5)c(C)c4)c23)C1. The summed E-state index contributed by atoms with van der Waals surface area (Å²) in [6.45, 7) is 6.08. The summed E-state index contributed by atoms with van der Waals surface area (Å²) < 4.78 is 22.5. The van der Waals surface area contributed by atoms with Gasteiger partial charge in [0.15, 0.2) is 17.3 Å². The van der Waals surface area contributed by atoms with Crippen LogP contribution >= 0.6 is 0 Å². The zero-order chi connectivity index (χ0) is 25.5. The molecule has 0 spiro atoms. The minimum atomic E-state index is -0.990. The number of amides is 1. The number of hydrogen-bond acceptors (Lipinski definition) is 8. The van der Waals surface area contributed by atoms with Crippen molar-refractivity contribution in [2.24, 2.45) is 0 Å². The summed E-state index contributed by atoms with van der Waals surface area (Å²) in [6.07, 6.45) is 6.62. The average Bonchev–Trinajstić information content (AvgIpc) is 3.50. The number of fused-ring (bicyclic) bond motifs is 2. The first-order chi connectivity index (χ1) is 17.9. The van der Waals surface area contributed by atoms with Crippen LogP contribution in [0.15, 0.2) is 73.9 Å². The number of carbonyl (C=O) groups is 1. The van der Waals surface area contributed by atoms with Crippen LogP contribution in [0, 0.1) is 6.92 Å². The fourth-order valence-corrected chi connectivity index (χ4v) is 4.28. The molecule has 1 aromatic carbocycles. The second-order valence-corrected chi connectivity index (χ2v) is 8.72. The van der Waals surface area contributed by atoms with E-state index in [-0.39, 0.29) is 6.04 Å². The molecule has 0 atom stereocenters. The van der Waals surface area contributed by atoms with E-state index in [4.69, 9.17) is 4.74 Å². The molecule has 0 aliphatic carbocycles. The van der Waals surface area contributed by atoms with Crippen molar-refractivity contribution in [3.05, 3.63) is 79.4 Å². The zero-order valence-corrected chi connectivity index (χ0v) is 19.8. The molecular weight excluding hydrogens is 477 g/mol. The maximum Gasteiger partial charge on any atom is 0.279 e. The van der Waals surface area contributed by atoms with Crippen molar-refractivity contribution in [2.45, 2.75) is 13.0 Å². The van der Waals surface area contributed by atoms with Gasteiger partial charge in [0.25, 0.3) is 5.91 Å². The first-order valence-electron chi connectivity index (χ1n) is 11.5. The van der Waals surface area contributed by atoms with Gasteiger partial charge in [0.1, 0.15) is 29.7 Å². The molecule has 1 aliphatic rings. The van der Waals surface area contributed by atoms with E-state index in [9.17, 15) is 9.18 Å². The number of hydrogen-bond donors (Lipinski definition) is 2. The van der Waals surface area contributed by atoms with Gasteiger partial charge >= 0.3 is 0 Å². The van der Waals surface area contributed by atoms with Crippen LogP contribution in [0.1, 0.15) is 5.56 Å². The van der Waals surface area contributed by atoms with Crippen LogP contribution in [-0.2, 0) is 4.79 Å². The van der Waals surface area contributed by atoms with E-state index in [0.29, 0.717) is 30.3 Å². The maximum atomic E-state index is 13.0. The number of carbonyl (C=O) groups excluding carboxylic acids is 1. The molecule has 11 nitrogen and oxygen atoms in total. The van der Waals surface area contributed by atoms with Gasteiger partial charge in [-0.15, -0.1) is 0 Å². The van der Waals surface area contributed by atoms with Crippen LogP contribution in [0.4, 0.5) is 21.6 Å². The molecule has 186 valence electrons. The molecule has 5 heterocycles. The number of aromatic nitrogens is 6. The van der Waals surface area contributed by atoms with Crippen molar-refractivity contribution in [1.82, 2.24) is 34.5 Å². The van der Waals surface area contributed by atoms with E-state index in [0.717, 1.165) is 28.2 Å². The van der Waals surface area contributed by atoms with Crippen molar-refractivity contribution >= 4 is 34.3 Å². The average molecular weight is 500 g/mol. The van der Waals surface area contributed by atoms with Crippen LogP contribution in [0.5, 0.6) is 11.5 Å². The number of benzene rings is 1. The molecular formula is C25H22FN9O2. The highest BCUT2D eigenvalue weighted by molar-refractivity contribution is 5.91. The van der Waals surface area contributed by atoms with Gasteiger partial charge < -0.3 is 20.3 Å². The number of nitrogens with zero attached hydrogens (tertiary/aromatic N) is 7. The van der Waals surface area contributed by atoms with Crippen molar-refractivity contribution < 1.29 is 13.9 Å². The lowest BCUT2D eigenvalue weighted by Crippen LogP contribution is -2.59. The number of pyridine rings is 1. The van der Waals surface area contributed by atoms with E-state index in [1.54, 1.807) is 15.2 Å². The van der Waals surface area contributed by atoms with E-state index < -0.39 is 11.7 Å². The summed E-state index contributed by atoms with van der Waals surface area (Å²) >= 11 is 0. The second kappa shape index (κ2) is 8.90. The predicted molar refractivity (Wildman–Crippen MR) is 135 cm³/mol. The quantitative estimate of drug-likeness (QED) is 0.328. The van der Waals surface area contributed by atoms with Crippen LogP contribution < -0.4 is 20.3 Å². The number of nitrogens with one attached hydrogen (secondary N) is 2. The van der Waals surface area contributed by atoms with Crippen molar-refractivity contribution in [3.63, 3.8) is 0 Å². The van der Waals surface area contributed by atoms with Crippen molar-refractivity contribution in [3.8, 4) is 11.5 Å². The Morgan fingerprint density at radius 3 is 2.68 bits per heavy atom. The summed E-state index contributed by atoms with van der Waals surface area (Å²) in [7, 11) is 0. The lowest BCUT2D eigenvalue weighted by atomic mass is 10.1. The topological polar surface area (TPSA) is 114 Å². The van der Waals surface area contributed by atoms with Crippen LogP contribution in [0.2, 0.25) is 0 Å². The Bertz CT molecular complexity index is 1650. The highest BCUT2D eigenvalue weighted by atomic mass is 19.1. The number of ether oxygens (including phenoxy) is 1. The number of halogens is 1. The van der Waals surface area contributed by atoms with Gasteiger partial charge in [0.05, 0.1) is 11.7 Å². The molecule has 6 rings (SSSR count). The minimum Gasteiger partial charge on any atom is -0.457 e. The number of rotatable bonds is 7. The Morgan fingerprint density at radius 2 is 1.86 bits per heavy atom. The lowest BCUT2D eigenvalue weighted by Gasteiger charge is -2.40. The van der Waals surface area contributed by atoms with Gasteiger partial charge in [-0.05, 0) is 42.8 Å². The molecule has 12 heteroatoms. The fraction of sp³-hybridized carbons (Fsp3) is 0.160. The third kappa shape index (κ3) is 4.29. The van der Waals surface area contributed by atoms with Gasteiger partial charge in [-0.25, -0.2) is 23.4 Å².